The third kappa shape index (κ3) is 4.81. The maximum atomic E-state index is 12.3. The fourth-order valence-corrected chi connectivity index (χ4v) is 3.19. The van der Waals surface area contributed by atoms with Crippen LogP contribution in [0.2, 0.25) is 0 Å². The summed E-state index contributed by atoms with van der Waals surface area (Å²) in [6.45, 7) is 10.6. The first kappa shape index (κ1) is 18.5. The number of hydrogen-bond acceptors (Lipinski definition) is 4. The third-order valence-electron chi connectivity index (χ3n) is 4.21. The smallest absolute Gasteiger partial charge is 0.233 e. The van der Waals surface area contributed by atoms with Crippen molar-refractivity contribution >= 4 is 17.7 Å². The molecular weight excluding hydrogens is 318 g/mol. The average molecular weight is 343 g/mol. The number of thioether (sulfide) groups is 1. The summed E-state index contributed by atoms with van der Waals surface area (Å²) in [6, 6.07) is 10.2. The lowest BCUT2D eigenvalue weighted by atomic mass is 10.0. The first-order valence-corrected chi connectivity index (χ1v) is 9.07. The summed E-state index contributed by atoms with van der Waals surface area (Å²) < 4.78 is 0. The molecule has 0 saturated heterocycles. The van der Waals surface area contributed by atoms with Gasteiger partial charge in [-0.2, -0.15) is 0 Å². The van der Waals surface area contributed by atoms with Crippen LogP contribution in [0.3, 0.4) is 0 Å². The first-order chi connectivity index (χ1) is 11.4. The molecule has 1 amide bonds. The van der Waals surface area contributed by atoms with Crippen LogP contribution in [-0.2, 0) is 4.79 Å². The molecule has 0 spiro atoms. The van der Waals surface area contributed by atoms with Crippen molar-refractivity contribution in [2.24, 2.45) is 0 Å². The molecule has 0 fully saturated rings. The number of nitrogens with zero attached hydrogens (tertiary/aromatic N) is 2. The van der Waals surface area contributed by atoms with Crippen molar-refractivity contribution in [1.29, 1.82) is 0 Å². The molecule has 0 aliphatic heterocycles. The molecule has 0 bridgehead atoms. The second kappa shape index (κ2) is 8.29. The molecule has 0 unspecified atom stereocenters. The van der Waals surface area contributed by atoms with Crippen LogP contribution in [0.25, 0.3) is 0 Å². The van der Waals surface area contributed by atoms with Crippen LogP contribution in [0.5, 0.6) is 0 Å². The Bertz CT molecular complexity index is 680. The van der Waals surface area contributed by atoms with Crippen LogP contribution in [0, 0.1) is 20.8 Å². The highest BCUT2D eigenvalue weighted by molar-refractivity contribution is 8.00. The van der Waals surface area contributed by atoms with E-state index >= 15 is 0 Å². The number of nitrogens with one attached hydrogen (secondary N) is 1. The number of aromatic nitrogens is 2. The predicted molar refractivity (Wildman–Crippen MR) is 99.4 cm³/mol. The predicted octanol–water partition coefficient (Wildman–Crippen LogP) is 3.80. The normalized spacial score (nSPS) is 13.4. The quantitative estimate of drug-likeness (QED) is 0.640. The van der Waals surface area contributed by atoms with Gasteiger partial charge in [-0.15, -0.1) is 0 Å². The molecule has 4 nitrogen and oxygen atoms in total. The minimum atomic E-state index is -0.227. The lowest BCUT2D eigenvalue weighted by molar-refractivity contribution is -0.120. The van der Waals surface area contributed by atoms with E-state index < -0.39 is 0 Å². The lowest BCUT2D eigenvalue weighted by Gasteiger charge is -2.16. The van der Waals surface area contributed by atoms with E-state index in [9.17, 15) is 4.79 Å². The van der Waals surface area contributed by atoms with Crippen LogP contribution in [-0.4, -0.2) is 27.7 Å². The SMILES string of the molecule is Cc1nc(S[C@H](C)C(=O)NC[C@@H](C)c2ccccc2)nc(C)c1C. The maximum absolute atomic E-state index is 12.3. The molecule has 0 aliphatic rings. The van der Waals surface area contributed by atoms with Gasteiger partial charge in [0.05, 0.1) is 5.25 Å². The Hall–Kier alpha value is -1.88. The molecule has 2 atom stereocenters. The fraction of sp³-hybridized carbons (Fsp3) is 0.421. The largest absolute Gasteiger partial charge is 0.355 e. The Morgan fingerprint density at radius 1 is 1.08 bits per heavy atom. The molecule has 5 heteroatoms. The first-order valence-electron chi connectivity index (χ1n) is 8.19. The molecular formula is C19H25N3OS. The fourth-order valence-electron chi connectivity index (χ4n) is 2.30. The van der Waals surface area contributed by atoms with Crippen molar-refractivity contribution in [3.05, 3.63) is 52.8 Å². The molecule has 24 heavy (non-hydrogen) atoms. The standard InChI is InChI=1S/C19H25N3OS/c1-12(17-9-7-6-8-10-17)11-20-18(23)16(5)24-19-21-14(3)13(2)15(4)22-19/h6-10,12,16H,11H2,1-5H3,(H,20,23)/t12-,16-/m1/s1. The van der Waals surface area contributed by atoms with Gasteiger partial charge in [-0.25, -0.2) is 9.97 Å². The Balaban J connectivity index is 1.90. The number of carbonyl (C=O) groups excluding carboxylic acids is 1. The molecule has 1 N–H and O–H groups in total. The minimum absolute atomic E-state index is 0.0160. The van der Waals surface area contributed by atoms with Crippen LogP contribution >= 0.6 is 11.8 Å². The van der Waals surface area contributed by atoms with Gasteiger partial charge in [0.25, 0.3) is 0 Å². The maximum Gasteiger partial charge on any atom is 0.233 e. The Labute approximate surface area is 148 Å². The van der Waals surface area contributed by atoms with Gasteiger partial charge in [-0.3, -0.25) is 4.79 Å². The molecule has 0 radical (unpaired) electrons. The van der Waals surface area contributed by atoms with E-state index in [0.717, 1.165) is 17.0 Å². The molecule has 1 heterocycles. The number of amides is 1. The van der Waals surface area contributed by atoms with E-state index in [4.69, 9.17) is 0 Å². The van der Waals surface area contributed by atoms with Gasteiger partial charge in [-0.05, 0) is 44.7 Å². The number of aryl methyl sites for hydroxylation is 2. The topological polar surface area (TPSA) is 54.9 Å². The zero-order valence-corrected chi connectivity index (χ0v) is 15.8. The van der Waals surface area contributed by atoms with Crippen LogP contribution in [0.1, 0.15) is 42.3 Å². The molecule has 1 aromatic carbocycles. The second-order valence-electron chi connectivity index (χ2n) is 6.12. The van der Waals surface area contributed by atoms with E-state index in [0.29, 0.717) is 11.7 Å². The van der Waals surface area contributed by atoms with E-state index in [1.165, 1.54) is 17.3 Å². The summed E-state index contributed by atoms with van der Waals surface area (Å²) in [6.07, 6.45) is 0. The summed E-state index contributed by atoms with van der Waals surface area (Å²) in [4.78, 5) is 21.3. The van der Waals surface area contributed by atoms with Gasteiger partial charge in [0.1, 0.15) is 0 Å². The number of hydrogen-bond donors (Lipinski definition) is 1. The molecule has 0 aliphatic carbocycles. The van der Waals surface area contributed by atoms with Gasteiger partial charge in [0.2, 0.25) is 5.91 Å². The van der Waals surface area contributed by atoms with Crippen LogP contribution in [0.15, 0.2) is 35.5 Å². The Morgan fingerprint density at radius 2 is 1.67 bits per heavy atom. The monoisotopic (exact) mass is 343 g/mol. The molecule has 1 aromatic heterocycles. The van der Waals surface area contributed by atoms with E-state index in [-0.39, 0.29) is 17.1 Å². The molecule has 0 saturated carbocycles. The minimum Gasteiger partial charge on any atom is -0.355 e. The summed E-state index contributed by atoms with van der Waals surface area (Å²) in [5.41, 5.74) is 4.27. The third-order valence-corrected chi connectivity index (χ3v) is 5.18. The summed E-state index contributed by atoms with van der Waals surface area (Å²) in [5.74, 6) is 0.301. The van der Waals surface area contributed by atoms with Crippen molar-refractivity contribution < 1.29 is 4.79 Å². The average Bonchev–Trinajstić information content (AvgIpc) is 2.57. The van der Waals surface area contributed by atoms with Gasteiger partial charge in [-0.1, -0.05) is 49.0 Å². The van der Waals surface area contributed by atoms with Crippen molar-refractivity contribution in [2.75, 3.05) is 6.54 Å². The van der Waals surface area contributed by atoms with Gasteiger partial charge < -0.3 is 5.32 Å². The zero-order chi connectivity index (χ0) is 17.7. The van der Waals surface area contributed by atoms with Gasteiger partial charge in [0.15, 0.2) is 5.16 Å². The molecule has 2 rings (SSSR count). The Morgan fingerprint density at radius 3 is 2.25 bits per heavy atom. The van der Waals surface area contributed by atoms with E-state index in [1.807, 2.05) is 45.9 Å². The van der Waals surface area contributed by atoms with E-state index in [1.54, 1.807) is 0 Å². The lowest BCUT2D eigenvalue weighted by Crippen LogP contribution is -2.33. The highest BCUT2D eigenvalue weighted by Gasteiger charge is 2.17. The van der Waals surface area contributed by atoms with Crippen LogP contribution in [0.4, 0.5) is 0 Å². The van der Waals surface area contributed by atoms with Crippen molar-refractivity contribution in [3.8, 4) is 0 Å². The highest BCUT2D eigenvalue weighted by atomic mass is 32.2. The van der Waals surface area contributed by atoms with Crippen molar-refractivity contribution in [1.82, 2.24) is 15.3 Å². The summed E-state index contributed by atoms with van der Waals surface area (Å²) >= 11 is 1.40. The van der Waals surface area contributed by atoms with Crippen molar-refractivity contribution in [3.63, 3.8) is 0 Å². The number of carbonyl (C=O) groups is 1. The molecule has 2 aromatic rings. The van der Waals surface area contributed by atoms with Crippen LogP contribution < -0.4 is 5.32 Å². The summed E-state index contributed by atoms with van der Waals surface area (Å²) in [7, 11) is 0. The number of benzene rings is 1. The Kier molecular flexibility index (Phi) is 6.37. The summed E-state index contributed by atoms with van der Waals surface area (Å²) in [5, 5.41) is 3.46. The van der Waals surface area contributed by atoms with Gasteiger partial charge in [0, 0.05) is 17.9 Å². The highest BCUT2D eigenvalue weighted by Crippen LogP contribution is 2.22. The zero-order valence-electron chi connectivity index (χ0n) is 15.0. The van der Waals surface area contributed by atoms with E-state index in [2.05, 4.69) is 34.3 Å². The second-order valence-corrected chi connectivity index (χ2v) is 7.43. The van der Waals surface area contributed by atoms with Gasteiger partial charge >= 0.3 is 0 Å². The molecule has 128 valence electrons. The van der Waals surface area contributed by atoms with Crippen molar-refractivity contribution in [2.45, 2.75) is 50.9 Å². The number of rotatable bonds is 6.